The van der Waals surface area contributed by atoms with E-state index < -0.39 is 0 Å². The number of hydrogen-bond donors (Lipinski definition) is 1. The van der Waals surface area contributed by atoms with Gasteiger partial charge in [-0.15, -0.1) is 0 Å². The Kier molecular flexibility index (Phi) is 5.15. The monoisotopic (exact) mass is 327 g/mol. The molecule has 0 bridgehead atoms. The van der Waals surface area contributed by atoms with Gasteiger partial charge in [-0.2, -0.15) is 0 Å². The Balaban J connectivity index is 1.56. The Morgan fingerprint density at radius 1 is 1.17 bits per heavy atom. The van der Waals surface area contributed by atoms with Crippen molar-refractivity contribution >= 4 is 11.7 Å². The van der Waals surface area contributed by atoms with Crippen molar-refractivity contribution in [3.63, 3.8) is 0 Å². The summed E-state index contributed by atoms with van der Waals surface area (Å²) in [6.45, 7) is 1.31. The van der Waals surface area contributed by atoms with Crippen LogP contribution in [-0.4, -0.2) is 42.2 Å². The number of pyridine rings is 1. The van der Waals surface area contributed by atoms with Gasteiger partial charge in [-0.3, -0.25) is 4.98 Å². The summed E-state index contributed by atoms with van der Waals surface area (Å²) in [7, 11) is 1.62. The molecule has 2 heterocycles. The molecular weight excluding hydrogens is 306 g/mol. The minimum Gasteiger partial charge on any atom is -0.497 e. The van der Waals surface area contributed by atoms with Gasteiger partial charge >= 0.3 is 6.03 Å². The minimum atomic E-state index is -0.108. The number of anilines is 1. The van der Waals surface area contributed by atoms with Gasteiger partial charge in [-0.05, 0) is 49.2 Å². The Morgan fingerprint density at radius 3 is 2.62 bits per heavy atom. The molecule has 1 fully saturated rings. The van der Waals surface area contributed by atoms with Gasteiger partial charge in [-0.1, -0.05) is 0 Å². The van der Waals surface area contributed by atoms with Gasteiger partial charge in [0.2, 0.25) is 0 Å². The largest absolute Gasteiger partial charge is 0.497 e. The molecule has 0 spiro atoms. The van der Waals surface area contributed by atoms with Crippen LogP contribution in [0.1, 0.15) is 12.8 Å². The molecule has 1 aromatic heterocycles. The van der Waals surface area contributed by atoms with Crippen LogP contribution in [0.5, 0.6) is 11.5 Å². The fraction of sp³-hybridized carbons (Fsp3) is 0.333. The van der Waals surface area contributed by atoms with E-state index in [9.17, 15) is 4.79 Å². The molecule has 6 nitrogen and oxygen atoms in total. The normalized spacial score (nSPS) is 17.2. The maximum atomic E-state index is 12.4. The number of aromatic nitrogens is 1. The van der Waals surface area contributed by atoms with Gasteiger partial charge in [0.25, 0.3) is 0 Å². The van der Waals surface area contributed by atoms with Crippen molar-refractivity contribution in [1.29, 1.82) is 0 Å². The third-order valence-corrected chi connectivity index (χ3v) is 3.96. The fourth-order valence-electron chi connectivity index (χ4n) is 2.70. The highest BCUT2D eigenvalue weighted by molar-refractivity contribution is 5.89. The summed E-state index contributed by atoms with van der Waals surface area (Å²) in [5, 5.41) is 2.91. The molecule has 1 aromatic carbocycles. The van der Waals surface area contributed by atoms with Gasteiger partial charge in [0, 0.05) is 24.6 Å². The molecule has 1 unspecified atom stereocenters. The van der Waals surface area contributed by atoms with Crippen molar-refractivity contribution < 1.29 is 14.3 Å². The van der Waals surface area contributed by atoms with E-state index in [1.165, 1.54) is 0 Å². The highest BCUT2D eigenvalue weighted by atomic mass is 16.5. The maximum absolute atomic E-state index is 12.4. The lowest BCUT2D eigenvalue weighted by molar-refractivity contribution is 0.106. The lowest BCUT2D eigenvalue weighted by Crippen LogP contribution is -2.46. The fourth-order valence-corrected chi connectivity index (χ4v) is 2.70. The number of likely N-dealkylation sites (tertiary alicyclic amines) is 1. The molecular formula is C18H21N3O3. The van der Waals surface area contributed by atoms with Crippen molar-refractivity contribution in [2.45, 2.75) is 18.9 Å². The zero-order chi connectivity index (χ0) is 16.8. The zero-order valence-corrected chi connectivity index (χ0v) is 13.6. The first-order valence-corrected chi connectivity index (χ1v) is 8.01. The second-order valence-corrected chi connectivity index (χ2v) is 5.67. The van der Waals surface area contributed by atoms with Gasteiger partial charge < -0.3 is 19.7 Å². The number of ether oxygens (including phenoxy) is 2. The molecule has 1 aliphatic rings. The molecule has 1 atom stereocenters. The van der Waals surface area contributed by atoms with E-state index in [1.807, 2.05) is 36.4 Å². The number of carbonyl (C=O) groups is 1. The lowest BCUT2D eigenvalue weighted by Gasteiger charge is -2.32. The van der Waals surface area contributed by atoms with Gasteiger partial charge in [0.05, 0.1) is 13.7 Å². The standard InChI is InChI=1S/C18H21N3O3/c1-23-15-6-4-14(5-7-15)20-18(22)21-12-2-3-17(13-21)24-16-8-10-19-11-9-16/h4-11,17H,2-3,12-13H2,1H3,(H,20,22). The summed E-state index contributed by atoms with van der Waals surface area (Å²) in [6.07, 6.45) is 5.27. The van der Waals surface area contributed by atoms with Crippen molar-refractivity contribution in [2.24, 2.45) is 0 Å². The highest BCUT2D eigenvalue weighted by Crippen LogP contribution is 2.19. The van der Waals surface area contributed by atoms with Crippen LogP contribution in [0, 0.1) is 0 Å². The number of urea groups is 1. The molecule has 3 rings (SSSR count). The van der Waals surface area contributed by atoms with E-state index in [0.717, 1.165) is 36.6 Å². The molecule has 0 radical (unpaired) electrons. The van der Waals surface area contributed by atoms with Gasteiger partial charge in [-0.25, -0.2) is 4.79 Å². The molecule has 0 aliphatic carbocycles. The number of amides is 2. The number of nitrogens with one attached hydrogen (secondary N) is 1. The number of piperidine rings is 1. The van der Waals surface area contributed by atoms with E-state index in [-0.39, 0.29) is 12.1 Å². The SMILES string of the molecule is COc1ccc(NC(=O)N2CCCC(Oc3ccncc3)C2)cc1. The summed E-state index contributed by atoms with van der Waals surface area (Å²) in [6, 6.07) is 10.8. The van der Waals surface area contributed by atoms with Crippen molar-refractivity contribution in [1.82, 2.24) is 9.88 Å². The highest BCUT2D eigenvalue weighted by Gasteiger charge is 2.25. The minimum absolute atomic E-state index is 0.00256. The molecule has 2 aromatic rings. The Hall–Kier alpha value is -2.76. The molecule has 24 heavy (non-hydrogen) atoms. The maximum Gasteiger partial charge on any atom is 0.321 e. The van der Waals surface area contributed by atoms with E-state index in [4.69, 9.17) is 9.47 Å². The first-order chi connectivity index (χ1) is 11.7. The van der Waals surface area contributed by atoms with Crippen molar-refractivity contribution in [3.8, 4) is 11.5 Å². The summed E-state index contributed by atoms with van der Waals surface area (Å²) in [5.74, 6) is 1.55. The van der Waals surface area contributed by atoms with Crippen LogP contribution in [0.25, 0.3) is 0 Å². The summed E-state index contributed by atoms with van der Waals surface area (Å²) < 4.78 is 11.1. The van der Waals surface area contributed by atoms with Crippen LogP contribution in [0.4, 0.5) is 10.5 Å². The average Bonchev–Trinajstić information content (AvgIpc) is 2.63. The molecule has 0 saturated carbocycles. The average molecular weight is 327 g/mol. The third-order valence-electron chi connectivity index (χ3n) is 3.96. The van der Waals surface area contributed by atoms with Crippen LogP contribution >= 0.6 is 0 Å². The second kappa shape index (κ2) is 7.68. The summed E-state index contributed by atoms with van der Waals surface area (Å²) in [5.41, 5.74) is 0.748. The lowest BCUT2D eigenvalue weighted by atomic mass is 10.1. The number of carbonyl (C=O) groups excluding carboxylic acids is 1. The predicted molar refractivity (Wildman–Crippen MR) is 91.5 cm³/mol. The first kappa shape index (κ1) is 16.1. The topological polar surface area (TPSA) is 63.7 Å². The third kappa shape index (κ3) is 4.16. The number of methoxy groups -OCH3 is 1. The van der Waals surface area contributed by atoms with Crippen molar-refractivity contribution in [3.05, 3.63) is 48.8 Å². The Morgan fingerprint density at radius 2 is 1.92 bits per heavy atom. The quantitative estimate of drug-likeness (QED) is 0.937. The van der Waals surface area contributed by atoms with E-state index in [0.29, 0.717) is 6.54 Å². The zero-order valence-electron chi connectivity index (χ0n) is 13.6. The molecule has 1 saturated heterocycles. The number of rotatable bonds is 4. The summed E-state index contributed by atoms with van der Waals surface area (Å²) in [4.78, 5) is 18.2. The molecule has 1 aliphatic heterocycles. The van der Waals surface area contributed by atoms with Crippen LogP contribution in [0.3, 0.4) is 0 Å². The molecule has 1 N–H and O–H groups in total. The van der Waals surface area contributed by atoms with Crippen LogP contribution in [0.2, 0.25) is 0 Å². The van der Waals surface area contributed by atoms with Gasteiger partial charge in [0.1, 0.15) is 17.6 Å². The van der Waals surface area contributed by atoms with Crippen LogP contribution in [-0.2, 0) is 0 Å². The second-order valence-electron chi connectivity index (χ2n) is 5.67. The van der Waals surface area contributed by atoms with Crippen molar-refractivity contribution in [2.75, 3.05) is 25.5 Å². The molecule has 6 heteroatoms. The molecule has 126 valence electrons. The Bertz CT molecular complexity index is 661. The molecule has 2 amide bonds. The Labute approximate surface area is 141 Å². The van der Waals surface area contributed by atoms with E-state index >= 15 is 0 Å². The predicted octanol–water partition coefficient (Wildman–Crippen LogP) is 3.17. The number of hydrogen-bond acceptors (Lipinski definition) is 4. The first-order valence-electron chi connectivity index (χ1n) is 8.01. The number of benzene rings is 1. The van der Waals surface area contributed by atoms with Crippen LogP contribution < -0.4 is 14.8 Å². The summed E-state index contributed by atoms with van der Waals surface area (Å²) >= 11 is 0. The van der Waals surface area contributed by atoms with Crippen LogP contribution in [0.15, 0.2) is 48.8 Å². The van der Waals surface area contributed by atoms with Gasteiger partial charge in [0.15, 0.2) is 0 Å². The number of nitrogens with zero attached hydrogens (tertiary/aromatic N) is 2. The van der Waals surface area contributed by atoms with E-state index in [1.54, 1.807) is 24.4 Å². The van der Waals surface area contributed by atoms with E-state index in [2.05, 4.69) is 10.3 Å². The smallest absolute Gasteiger partial charge is 0.321 e.